The number of hydrogen-bond donors (Lipinski definition) is 1. The molecule has 1 aromatic rings. The highest BCUT2D eigenvalue weighted by Gasteiger charge is 2.21. The maximum atomic E-state index is 11.9. The summed E-state index contributed by atoms with van der Waals surface area (Å²) in [5, 5.41) is 3.27. The lowest BCUT2D eigenvalue weighted by Crippen LogP contribution is -2.30. The van der Waals surface area contributed by atoms with E-state index in [-0.39, 0.29) is 6.04 Å². The lowest BCUT2D eigenvalue weighted by molar-refractivity contribution is -0.120. The second-order valence-electron chi connectivity index (χ2n) is 5.51. The van der Waals surface area contributed by atoms with Crippen LogP contribution < -0.4 is 5.32 Å². The third-order valence-electron chi connectivity index (χ3n) is 3.76. The van der Waals surface area contributed by atoms with Crippen LogP contribution in [0.2, 0.25) is 0 Å². The molecule has 0 bridgehead atoms. The summed E-state index contributed by atoms with van der Waals surface area (Å²) in [6.07, 6.45) is 3.69. The molecule has 1 N–H and O–H groups in total. The van der Waals surface area contributed by atoms with Crippen molar-refractivity contribution in [3.63, 3.8) is 0 Å². The average Bonchev–Trinajstić information content (AvgIpc) is 2.90. The molecule has 0 spiro atoms. The van der Waals surface area contributed by atoms with E-state index in [0.717, 1.165) is 25.8 Å². The van der Waals surface area contributed by atoms with Crippen molar-refractivity contribution in [1.29, 1.82) is 0 Å². The van der Waals surface area contributed by atoms with Crippen molar-refractivity contribution >= 4 is 5.78 Å². The van der Waals surface area contributed by atoms with Gasteiger partial charge in [-0.25, -0.2) is 0 Å². The standard InChI is InChI=1S/C16H23NO/c1-12(2)14-8-5-13(6-9-14)7-10-16(18)15-4-3-11-17-15/h5-6,8-9,12,15,17H,3-4,7,10-11H2,1-2H3/t15-/m0/s1. The normalized spacial score (nSPS) is 19.4. The van der Waals surface area contributed by atoms with Crippen LogP contribution in [0.15, 0.2) is 24.3 Å². The van der Waals surface area contributed by atoms with Crippen LogP contribution in [0.1, 0.15) is 50.2 Å². The van der Waals surface area contributed by atoms with Crippen LogP contribution in [0, 0.1) is 0 Å². The number of ketones is 1. The molecule has 1 atom stereocenters. The van der Waals surface area contributed by atoms with Crippen molar-refractivity contribution in [2.45, 2.75) is 51.5 Å². The average molecular weight is 245 g/mol. The summed E-state index contributed by atoms with van der Waals surface area (Å²) in [4.78, 5) is 11.9. The molecule has 0 amide bonds. The van der Waals surface area contributed by atoms with Crippen LogP contribution in [-0.4, -0.2) is 18.4 Å². The molecular weight excluding hydrogens is 222 g/mol. The maximum absolute atomic E-state index is 11.9. The number of aryl methyl sites for hydroxylation is 1. The minimum absolute atomic E-state index is 0.125. The van der Waals surface area contributed by atoms with Gasteiger partial charge in [0.05, 0.1) is 6.04 Å². The van der Waals surface area contributed by atoms with Gasteiger partial charge in [-0.3, -0.25) is 4.79 Å². The minimum Gasteiger partial charge on any atom is -0.307 e. The lowest BCUT2D eigenvalue weighted by atomic mass is 9.98. The molecule has 2 rings (SSSR count). The van der Waals surface area contributed by atoms with Crippen LogP contribution in [0.4, 0.5) is 0 Å². The topological polar surface area (TPSA) is 29.1 Å². The van der Waals surface area contributed by atoms with Gasteiger partial charge in [-0.1, -0.05) is 38.1 Å². The van der Waals surface area contributed by atoms with Gasteiger partial charge in [0.1, 0.15) is 5.78 Å². The van der Waals surface area contributed by atoms with E-state index >= 15 is 0 Å². The molecule has 1 saturated heterocycles. The van der Waals surface area contributed by atoms with E-state index in [1.165, 1.54) is 11.1 Å². The van der Waals surface area contributed by atoms with Gasteiger partial charge in [-0.2, -0.15) is 0 Å². The van der Waals surface area contributed by atoms with Crippen LogP contribution in [-0.2, 0) is 11.2 Å². The Bertz CT molecular complexity index is 388. The van der Waals surface area contributed by atoms with Gasteiger partial charge in [0.25, 0.3) is 0 Å². The zero-order valence-electron chi connectivity index (χ0n) is 11.4. The highest BCUT2D eigenvalue weighted by atomic mass is 16.1. The SMILES string of the molecule is CC(C)c1ccc(CCC(=O)[C@@H]2CCCN2)cc1. The molecule has 1 fully saturated rings. The molecule has 0 radical (unpaired) electrons. The Morgan fingerprint density at radius 2 is 2.06 bits per heavy atom. The maximum Gasteiger partial charge on any atom is 0.150 e. The summed E-state index contributed by atoms with van der Waals surface area (Å²) in [5.74, 6) is 0.948. The quantitative estimate of drug-likeness (QED) is 0.864. The Kier molecular flexibility index (Phi) is 4.54. The third-order valence-corrected chi connectivity index (χ3v) is 3.76. The smallest absolute Gasteiger partial charge is 0.150 e. The van der Waals surface area contributed by atoms with Crippen molar-refractivity contribution in [2.75, 3.05) is 6.54 Å². The summed E-state index contributed by atoms with van der Waals surface area (Å²) in [6, 6.07) is 8.80. The highest BCUT2D eigenvalue weighted by molar-refractivity contribution is 5.84. The lowest BCUT2D eigenvalue weighted by Gasteiger charge is -2.09. The summed E-state index contributed by atoms with van der Waals surface area (Å²) in [6.45, 7) is 5.40. The Hall–Kier alpha value is -1.15. The minimum atomic E-state index is 0.125. The Labute approximate surface area is 110 Å². The Morgan fingerprint density at radius 3 is 2.61 bits per heavy atom. The van der Waals surface area contributed by atoms with Crippen LogP contribution >= 0.6 is 0 Å². The molecule has 0 aliphatic carbocycles. The summed E-state index contributed by atoms with van der Waals surface area (Å²) in [7, 11) is 0. The summed E-state index contributed by atoms with van der Waals surface area (Å²) >= 11 is 0. The Balaban J connectivity index is 1.84. The fraction of sp³-hybridized carbons (Fsp3) is 0.562. The molecular formula is C16H23NO. The molecule has 0 unspecified atom stereocenters. The molecule has 1 heterocycles. The largest absolute Gasteiger partial charge is 0.307 e. The molecule has 0 aromatic heterocycles. The zero-order valence-corrected chi connectivity index (χ0v) is 11.4. The summed E-state index contributed by atoms with van der Waals surface area (Å²) in [5.41, 5.74) is 2.63. The predicted octanol–water partition coefficient (Wildman–Crippen LogP) is 3.06. The number of carbonyl (C=O) groups excluding carboxylic acids is 1. The van der Waals surface area contributed by atoms with Crippen molar-refractivity contribution in [1.82, 2.24) is 5.32 Å². The number of benzene rings is 1. The molecule has 0 saturated carbocycles. The van der Waals surface area contributed by atoms with E-state index < -0.39 is 0 Å². The van der Waals surface area contributed by atoms with Gasteiger partial charge in [0.15, 0.2) is 0 Å². The molecule has 98 valence electrons. The molecule has 1 aromatic carbocycles. The highest BCUT2D eigenvalue weighted by Crippen LogP contribution is 2.16. The molecule has 18 heavy (non-hydrogen) atoms. The van der Waals surface area contributed by atoms with Gasteiger partial charge in [0, 0.05) is 6.42 Å². The van der Waals surface area contributed by atoms with Crippen LogP contribution in [0.3, 0.4) is 0 Å². The second kappa shape index (κ2) is 6.14. The van der Waals surface area contributed by atoms with Crippen LogP contribution in [0.25, 0.3) is 0 Å². The molecule has 2 heteroatoms. The molecule has 2 nitrogen and oxygen atoms in total. The van der Waals surface area contributed by atoms with E-state index in [4.69, 9.17) is 0 Å². The van der Waals surface area contributed by atoms with Gasteiger partial charge >= 0.3 is 0 Å². The number of Topliss-reactive ketones (excluding diaryl/α,β-unsaturated/α-hetero) is 1. The van der Waals surface area contributed by atoms with Gasteiger partial charge in [-0.05, 0) is 42.9 Å². The first-order valence-electron chi connectivity index (χ1n) is 7.02. The monoisotopic (exact) mass is 245 g/mol. The fourth-order valence-corrected chi connectivity index (χ4v) is 2.47. The van der Waals surface area contributed by atoms with Crippen molar-refractivity contribution in [2.24, 2.45) is 0 Å². The fourth-order valence-electron chi connectivity index (χ4n) is 2.47. The first-order chi connectivity index (χ1) is 8.66. The van der Waals surface area contributed by atoms with Crippen LogP contribution in [0.5, 0.6) is 0 Å². The molecule has 1 aliphatic rings. The van der Waals surface area contributed by atoms with Crippen molar-refractivity contribution in [3.8, 4) is 0 Å². The van der Waals surface area contributed by atoms with Gasteiger partial charge in [-0.15, -0.1) is 0 Å². The van der Waals surface area contributed by atoms with E-state index in [2.05, 4.69) is 43.4 Å². The first-order valence-corrected chi connectivity index (χ1v) is 7.02. The van der Waals surface area contributed by atoms with Crippen molar-refractivity contribution < 1.29 is 4.79 Å². The van der Waals surface area contributed by atoms with E-state index in [1.807, 2.05) is 0 Å². The van der Waals surface area contributed by atoms with E-state index in [1.54, 1.807) is 0 Å². The number of hydrogen-bond acceptors (Lipinski definition) is 2. The summed E-state index contributed by atoms with van der Waals surface area (Å²) < 4.78 is 0. The Morgan fingerprint density at radius 1 is 1.33 bits per heavy atom. The second-order valence-corrected chi connectivity index (χ2v) is 5.51. The third kappa shape index (κ3) is 3.42. The number of carbonyl (C=O) groups is 1. The van der Waals surface area contributed by atoms with Crippen molar-refractivity contribution in [3.05, 3.63) is 35.4 Å². The van der Waals surface area contributed by atoms with Gasteiger partial charge in [0.2, 0.25) is 0 Å². The first kappa shape index (κ1) is 13.3. The zero-order chi connectivity index (χ0) is 13.0. The van der Waals surface area contributed by atoms with E-state index in [0.29, 0.717) is 18.1 Å². The molecule has 1 aliphatic heterocycles. The number of nitrogens with one attached hydrogen (secondary N) is 1. The van der Waals surface area contributed by atoms with Gasteiger partial charge < -0.3 is 5.32 Å². The van der Waals surface area contributed by atoms with E-state index in [9.17, 15) is 4.79 Å². The number of rotatable bonds is 5. The predicted molar refractivity (Wildman–Crippen MR) is 74.9 cm³/mol.